The van der Waals surface area contributed by atoms with Gasteiger partial charge in [-0.3, -0.25) is 14.4 Å². The summed E-state index contributed by atoms with van der Waals surface area (Å²) >= 11 is 6.20. The molecule has 3 aromatic rings. The summed E-state index contributed by atoms with van der Waals surface area (Å²) in [6, 6.07) is 11.3. The third kappa shape index (κ3) is 7.65. The average Bonchev–Trinajstić information content (AvgIpc) is 2.86. The van der Waals surface area contributed by atoms with Crippen molar-refractivity contribution in [3.05, 3.63) is 86.8 Å². The molecule has 39 heavy (non-hydrogen) atoms. The van der Waals surface area contributed by atoms with Gasteiger partial charge < -0.3 is 19.1 Å². The molecule has 0 aliphatic heterocycles. The van der Waals surface area contributed by atoms with E-state index in [4.69, 9.17) is 26.2 Å². The third-order valence-electron chi connectivity index (χ3n) is 6.13. The van der Waals surface area contributed by atoms with Crippen LogP contribution in [-0.2, 0) is 16.0 Å². The van der Waals surface area contributed by atoms with Crippen molar-refractivity contribution in [3.8, 4) is 16.9 Å². The average molecular weight is 554 g/mol. The molecular formula is C30H32ClNO7. The Balaban J connectivity index is 2.05. The summed E-state index contributed by atoms with van der Waals surface area (Å²) < 4.78 is 12.8. The second-order valence-electron chi connectivity index (χ2n) is 10.2. The largest absolute Gasteiger partial charge is 0.495 e. The van der Waals surface area contributed by atoms with Gasteiger partial charge in [-0.2, -0.15) is 0 Å². The number of benzene rings is 2. The molecule has 1 N–H and O–H groups in total. The number of hydrogen-bond acceptors (Lipinski definition) is 6. The van der Waals surface area contributed by atoms with Gasteiger partial charge in [0.15, 0.2) is 11.6 Å². The Morgan fingerprint density at radius 1 is 1.03 bits per heavy atom. The minimum absolute atomic E-state index is 0.0145. The summed E-state index contributed by atoms with van der Waals surface area (Å²) in [4.78, 5) is 50.5. The molecule has 0 spiro atoms. The van der Waals surface area contributed by atoms with Gasteiger partial charge in [-0.1, -0.05) is 23.7 Å². The predicted molar refractivity (Wildman–Crippen MR) is 149 cm³/mol. The quantitative estimate of drug-likeness (QED) is 0.306. The van der Waals surface area contributed by atoms with Crippen LogP contribution in [0, 0.1) is 0 Å². The smallest absolute Gasteiger partial charge is 0.335 e. The fourth-order valence-electron chi connectivity index (χ4n) is 4.21. The van der Waals surface area contributed by atoms with Crippen molar-refractivity contribution >= 4 is 29.1 Å². The molecule has 0 fully saturated rings. The zero-order valence-electron chi connectivity index (χ0n) is 22.6. The highest BCUT2D eigenvalue weighted by Gasteiger charge is 2.25. The Morgan fingerprint density at radius 2 is 1.69 bits per heavy atom. The van der Waals surface area contributed by atoms with E-state index in [2.05, 4.69) is 0 Å². The lowest BCUT2D eigenvalue weighted by molar-refractivity contribution is -0.122. The Hall–Kier alpha value is -3.75. The topological polar surface area (TPSA) is 112 Å². The molecule has 0 saturated heterocycles. The number of carbonyl (C=O) groups excluding carboxylic acids is 2. The van der Waals surface area contributed by atoms with Gasteiger partial charge in [-0.15, -0.1) is 0 Å². The molecule has 2 aromatic carbocycles. The Labute approximate surface area is 232 Å². The van der Waals surface area contributed by atoms with Crippen LogP contribution in [0.5, 0.6) is 5.75 Å². The molecule has 0 amide bonds. The van der Waals surface area contributed by atoms with Crippen LogP contribution in [0.1, 0.15) is 66.4 Å². The maximum atomic E-state index is 13.5. The summed E-state index contributed by atoms with van der Waals surface area (Å²) in [6.45, 7) is 7.34. The van der Waals surface area contributed by atoms with E-state index in [1.807, 2.05) is 20.8 Å². The number of rotatable bonds is 11. The maximum Gasteiger partial charge on any atom is 0.335 e. The van der Waals surface area contributed by atoms with Gasteiger partial charge in [0, 0.05) is 35.2 Å². The molecule has 0 saturated carbocycles. The number of hydrogen-bond donors (Lipinski definition) is 1. The number of carbonyl (C=O) groups is 3. The lowest BCUT2D eigenvalue weighted by Crippen LogP contribution is -2.32. The molecule has 0 radical (unpaired) electrons. The normalized spacial score (nSPS) is 12.2. The fraction of sp³-hybridized carbons (Fsp3) is 0.333. The monoisotopic (exact) mass is 553 g/mol. The van der Waals surface area contributed by atoms with Crippen LogP contribution in [0.4, 0.5) is 0 Å². The van der Waals surface area contributed by atoms with Gasteiger partial charge in [-0.05, 0) is 75.6 Å². The van der Waals surface area contributed by atoms with E-state index in [1.54, 1.807) is 30.3 Å². The molecule has 3 rings (SSSR count). The summed E-state index contributed by atoms with van der Waals surface area (Å²) in [5.41, 5.74) is 1.04. The molecule has 1 aromatic heterocycles. The van der Waals surface area contributed by atoms with Crippen LogP contribution in [0.2, 0.25) is 5.02 Å². The highest BCUT2D eigenvalue weighted by molar-refractivity contribution is 6.31. The van der Waals surface area contributed by atoms with E-state index in [-0.39, 0.29) is 36.6 Å². The summed E-state index contributed by atoms with van der Waals surface area (Å²) in [7, 11) is 1.44. The number of carboxylic acids is 1. The van der Waals surface area contributed by atoms with Crippen molar-refractivity contribution in [1.29, 1.82) is 0 Å². The molecular weight excluding hydrogens is 522 g/mol. The van der Waals surface area contributed by atoms with Crippen molar-refractivity contribution < 1.29 is 29.0 Å². The van der Waals surface area contributed by atoms with Gasteiger partial charge in [0.05, 0.1) is 30.5 Å². The molecule has 8 nitrogen and oxygen atoms in total. The number of pyridine rings is 1. The number of ether oxygens (including phenoxy) is 2. The Morgan fingerprint density at radius 3 is 2.26 bits per heavy atom. The first-order valence-electron chi connectivity index (χ1n) is 12.4. The fourth-order valence-corrected chi connectivity index (χ4v) is 4.38. The molecule has 0 aliphatic rings. The van der Waals surface area contributed by atoms with Gasteiger partial charge in [0.25, 0.3) is 5.56 Å². The zero-order chi connectivity index (χ0) is 28.9. The Kier molecular flexibility index (Phi) is 9.48. The number of aromatic nitrogens is 1. The minimum Gasteiger partial charge on any atom is -0.495 e. The summed E-state index contributed by atoms with van der Waals surface area (Å²) in [5.74, 6) is -1.22. The number of methoxy groups -OCH3 is 1. The van der Waals surface area contributed by atoms with Crippen LogP contribution in [0.3, 0.4) is 0 Å². The number of carboxylic acid groups (broad SMARTS) is 1. The molecule has 1 atom stereocenters. The van der Waals surface area contributed by atoms with E-state index >= 15 is 0 Å². The minimum atomic E-state index is -1.06. The standard InChI is InChI=1S/C30H32ClNO7/c1-18(33)22-11-10-21(31)15-23(22)24-16-28(35)32(17-27(24)38-5)25(12-13-39-30(2,3)4)26(34)14-19-6-8-20(9-7-19)29(36)37/h6-11,15-17,25H,12-14H2,1-5H3,(H,36,37)/t25-/m0/s1. The first-order chi connectivity index (χ1) is 18.3. The van der Waals surface area contributed by atoms with Crippen molar-refractivity contribution in [2.24, 2.45) is 0 Å². The second-order valence-corrected chi connectivity index (χ2v) is 10.6. The number of Topliss-reactive ketones (excluding diaryl/α,β-unsaturated/α-hetero) is 2. The SMILES string of the molecule is COc1cn([C@@H](CCOC(C)(C)C)C(=O)Cc2ccc(C(=O)O)cc2)c(=O)cc1-c1cc(Cl)ccc1C(C)=O. The van der Waals surface area contributed by atoms with Crippen molar-refractivity contribution in [3.63, 3.8) is 0 Å². The van der Waals surface area contributed by atoms with Crippen LogP contribution in [0.25, 0.3) is 11.1 Å². The van der Waals surface area contributed by atoms with Crippen LogP contribution < -0.4 is 10.3 Å². The van der Waals surface area contributed by atoms with E-state index in [9.17, 15) is 19.2 Å². The zero-order valence-corrected chi connectivity index (χ0v) is 23.4. The lowest BCUT2D eigenvalue weighted by atomic mass is 9.96. The van der Waals surface area contributed by atoms with Gasteiger partial charge in [-0.25, -0.2) is 4.79 Å². The van der Waals surface area contributed by atoms with Crippen molar-refractivity contribution in [2.75, 3.05) is 13.7 Å². The Bertz CT molecular complexity index is 1440. The highest BCUT2D eigenvalue weighted by atomic mass is 35.5. The summed E-state index contributed by atoms with van der Waals surface area (Å²) in [6.07, 6.45) is 1.68. The molecule has 206 valence electrons. The van der Waals surface area contributed by atoms with Crippen molar-refractivity contribution in [1.82, 2.24) is 4.57 Å². The predicted octanol–water partition coefficient (Wildman–Crippen LogP) is 5.64. The maximum absolute atomic E-state index is 13.5. The van der Waals surface area contributed by atoms with Crippen LogP contribution >= 0.6 is 11.6 Å². The van der Waals surface area contributed by atoms with E-state index in [1.165, 1.54) is 43.0 Å². The van der Waals surface area contributed by atoms with Crippen LogP contribution in [-0.4, -0.2) is 46.5 Å². The first-order valence-corrected chi connectivity index (χ1v) is 12.8. The molecule has 1 heterocycles. The van der Waals surface area contributed by atoms with E-state index in [0.717, 1.165) is 0 Å². The van der Waals surface area contributed by atoms with Gasteiger partial charge >= 0.3 is 5.97 Å². The first kappa shape index (κ1) is 29.8. The van der Waals surface area contributed by atoms with E-state index in [0.29, 0.717) is 33.0 Å². The third-order valence-corrected chi connectivity index (χ3v) is 6.36. The number of ketones is 2. The van der Waals surface area contributed by atoms with Crippen molar-refractivity contribution in [2.45, 2.75) is 52.2 Å². The van der Waals surface area contributed by atoms with Crippen LogP contribution in [0.15, 0.2) is 59.5 Å². The lowest BCUT2D eigenvalue weighted by Gasteiger charge is -2.24. The molecule has 0 unspecified atom stereocenters. The summed E-state index contributed by atoms with van der Waals surface area (Å²) in [5, 5.41) is 9.54. The van der Waals surface area contributed by atoms with Gasteiger partial charge in [0.2, 0.25) is 0 Å². The van der Waals surface area contributed by atoms with E-state index < -0.39 is 23.2 Å². The number of nitrogens with zero attached hydrogens (tertiary/aromatic N) is 1. The second kappa shape index (κ2) is 12.4. The highest BCUT2D eigenvalue weighted by Crippen LogP contribution is 2.34. The number of halogens is 1. The molecule has 0 bridgehead atoms. The van der Waals surface area contributed by atoms with Gasteiger partial charge in [0.1, 0.15) is 5.75 Å². The molecule has 0 aliphatic carbocycles. The molecule has 9 heteroatoms. The number of aromatic carboxylic acids is 1.